The van der Waals surface area contributed by atoms with Gasteiger partial charge >= 0.3 is 0 Å². The van der Waals surface area contributed by atoms with Crippen LogP contribution in [0, 0.1) is 6.92 Å². The van der Waals surface area contributed by atoms with Crippen molar-refractivity contribution >= 4 is 17.5 Å². The van der Waals surface area contributed by atoms with E-state index in [-0.39, 0.29) is 18.2 Å². The number of phenolic OH excluding ortho intramolecular Hbond substituents is 1. The van der Waals surface area contributed by atoms with E-state index in [1.807, 2.05) is 37.3 Å². The largest absolute Gasteiger partial charge is 0.507 e. The van der Waals surface area contributed by atoms with Gasteiger partial charge in [0.1, 0.15) is 28.6 Å². The first-order chi connectivity index (χ1) is 16.5. The number of benzene rings is 2. The molecule has 0 bridgehead atoms. The number of aryl methyl sites for hydroxylation is 1. The molecule has 0 saturated carbocycles. The number of hydrogen-bond donors (Lipinski definition) is 2. The fraction of sp³-hybridized carbons (Fsp3) is 0.231. The molecule has 174 valence electrons. The fourth-order valence-corrected chi connectivity index (χ4v) is 4.47. The molecule has 5 rings (SSSR count). The van der Waals surface area contributed by atoms with Crippen molar-refractivity contribution in [3.63, 3.8) is 0 Å². The standard InChI is InChI=1S/C26H24ClN3O4/c1-3-10-33-17-8-6-16(7-9-17)25-22-23(19-13-20(27)15(2)12-21(19)31)28-29-24(22)26(32)30(25)14-18-5-4-11-34-18/h4-9,11-13,25,31H,3,10,14H2,1-2H3,(H,28,29). The number of rotatable bonds is 7. The number of hydrogen-bond acceptors (Lipinski definition) is 5. The molecule has 8 heteroatoms. The number of halogens is 1. The van der Waals surface area contributed by atoms with Crippen LogP contribution in [0.1, 0.15) is 52.3 Å². The third kappa shape index (κ3) is 3.82. The molecule has 2 N–H and O–H groups in total. The molecule has 0 radical (unpaired) electrons. The van der Waals surface area contributed by atoms with Crippen LogP contribution in [-0.2, 0) is 6.54 Å². The highest BCUT2D eigenvalue weighted by atomic mass is 35.5. The number of amides is 1. The zero-order valence-corrected chi connectivity index (χ0v) is 19.6. The second-order valence-corrected chi connectivity index (χ2v) is 8.72. The van der Waals surface area contributed by atoms with E-state index in [1.54, 1.807) is 29.4 Å². The smallest absolute Gasteiger partial charge is 0.273 e. The quantitative estimate of drug-likeness (QED) is 0.347. The van der Waals surface area contributed by atoms with E-state index >= 15 is 0 Å². The van der Waals surface area contributed by atoms with Gasteiger partial charge in [0, 0.05) is 16.1 Å². The molecule has 2 aromatic heterocycles. The first-order valence-electron chi connectivity index (χ1n) is 11.1. The number of furan rings is 1. The Bertz CT molecular complexity index is 1330. The summed E-state index contributed by atoms with van der Waals surface area (Å²) in [6.07, 6.45) is 2.50. The molecule has 2 aromatic carbocycles. The zero-order chi connectivity index (χ0) is 23.8. The number of aromatic nitrogens is 2. The van der Waals surface area contributed by atoms with Crippen molar-refractivity contribution in [2.24, 2.45) is 0 Å². The molecule has 0 spiro atoms. The molecule has 1 amide bonds. The molecule has 1 atom stereocenters. The summed E-state index contributed by atoms with van der Waals surface area (Å²) in [5.41, 5.74) is 3.67. The molecule has 3 heterocycles. The molecule has 0 aliphatic carbocycles. The number of carbonyl (C=O) groups is 1. The van der Waals surface area contributed by atoms with Crippen molar-refractivity contribution in [3.05, 3.63) is 88.0 Å². The summed E-state index contributed by atoms with van der Waals surface area (Å²) >= 11 is 6.37. The van der Waals surface area contributed by atoms with Gasteiger partial charge in [0.25, 0.3) is 5.91 Å². The van der Waals surface area contributed by atoms with Crippen LogP contribution in [0.4, 0.5) is 0 Å². The number of nitrogens with one attached hydrogen (secondary N) is 1. The van der Waals surface area contributed by atoms with Gasteiger partial charge in [-0.1, -0.05) is 30.7 Å². The van der Waals surface area contributed by atoms with Gasteiger partial charge in [-0.05, 0) is 60.9 Å². The summed E-state index contributed by atoms with van der Waals surface area (Å²) in [5, 5.41) is 18.5. The summed E-state index contributed by atoms with van der Waals surface area (Å²) < 4.78 is 11.3. The van der Waals surface area contributed by atoms with Crippen molar-refractivity contribution in [3.8, 4) is 22.8 Å². The van der Waals surface area contributed by atoms with E-state index in [9.17, 15) is 9.90 Å². The molecular formula is C26H24ClN3O4. The lowest BCUT2D eigenvalue weighted by Gasteiger charge is -2.26. The van der Waals surface area contributed by atoms with Crippen LogP contribution in [0.2, 0.25) is 5.02 Å². The van der Waals surface area contributed by atoms with Gasteiger partial charge in [-0.2, -0.15) is 5.10 Å². The Labute approximate surface area is 201 Å². The summed E-state index contributed by atoms with van der Waals surface area (Å²) in [6.45, 7) is 4.79. The molecule has 7 nitrogen and oxygen atoms in total. The second-order valence-electron chi connectivity index (χ2n) is 8.31. The number of ether oxygens (including phenoxy) is 1. The van der Waals surface area contributed by atoms with E-state index in [1.165, 1.54) is 0 Å². The minimum absolute atomic E-state index is 0.0511. The maximum Gasteiger partial charge on any atom is 0.273 e. The van der Waals surface area contributed by atoms with Crippen LogP contribution in [0.25, 0.3) is 11.3 Å². The van der Waals surface area contributed by atoms with E-state index in [0.29, 0.717) is 39.9 Å². The highest BCUT2D eigenvalue weighted by molar-refractivity contribution is 6.31. The van der Waals surface area contributed by atoms with Gasteiger partial charge < -0.3 is 19.2 Å². The van der Waals surface area contributed by atoms with Crippen molar-refractivity contribution in [1.82, 2.24) is 15.1 Å². The summed E-state index contributed by atoms with van der Waals surface area (Å²) in [4.78, 5) is 15.2. The van der Waals surface area contributed by atoms with Gasteiger partial charge in [-0.25, -0.2) is 0 Å². The number of nitrogens with zero attached hydrogens (tertiary/aromatic N) is 2. The number of carbonyl (C=O) groups excluding carboxylic acids is 1. The monoisotopic (exact) mass is 477 g/mol. The Morgan fingerprint density at radius 1 is 1.24 bits per heavy atom. The Balaban J connectivity index is 1.62. The minimum Gasteiger partial charge on any atom is -0.507 e. The van der Waals surface area contributed by atoms with Crippen molar-refractivity contribution in [2.45, 2.75) is 32.9 Å². The van der Waals surface area contributed by atoms with E-state index < -0.39 is 6.04 Å². The highest BCUT2D eigenvalue weighted by Crippen LogP contribution is 2.46. The first kappa shape index (κ1) is 22.1. The lowest BCUT2D eigenvalue weighted by molar-refractivity contribution is 0.0717. The van der Waals surface area contributed by atoms with Gasteiger partial charge in [0.05, 0.1) is 25.5 Å². The van der Waals surface area contributed by atoms with Crippen LogP contribution < -0.4 is 4.74 Å². The Morgan fingerprint density at radius 2 is 2.03 bits per heavy atom. The van der Waals surface area contributed by atoms with Crippen molar-refractivity contribution in [2.75, 3.05) is 6.61 Å². The van der Waals surface area contributed by atoms with Crippen LogP contribution >= 0.6 is 11.6 Å². The van der Waals surface area contributed by atoms with Gasteiger partial charge in [-0.3, -0.25) is 9.89 Å². The lowest BCUT2D eigenvalue weighted by Crippen LogP contribution is -2.29. The predicted molar refractivity (Wildman–Crippen MR) is 128 cm³/mol. The van der Waals surface area contributed by atoms with Crippen LogP contribution in [0.5, 0.6) is 11.5 Å². The summed E-state index contributed by atoms with van der Waals surface area (Å²) in [7, 11) is 0. The van der Waals surface area contributed by atoms with Gasteiger partial charge in [-0.15, -0.1) is 0 Å². The molecule has 4 aromatic rings. The molecule has 1 aliphatic rings. The minimum atomic E-state index is -0.443. The van der Waals surface area contributed by atoms with Crippen LogP contribution in [-0.4, -0.2) is 32.7 Å². The lowest BCUT2D eigenvalue weighted by atomic mass is 9.95. The van der Waals surface area contributed by atoms with E-state index in [2.05, 4.69) is 17.1 Å². The number of H-pyrrole nitrogens is 1. The zero-order valence-electron chi connectivity index (χ0n) is 18.8. The Hall–Kier alpha value is -3.71. The van der Waals surface area contributed by atoms with Crippen LogP contribution in [0.15, 0.2) is 59.2 Å². The first-order valence-corrected chi connectivity index (χ1v) is 11.5. The normalized spacial score (nSPS) is 15.1. The molecule has 1 unspecified atom stereocenters. The third-order valence-corrected chi connectivity index (χ3v) is 6.38. The van der Waals surface area contributed by atoms with Gasteiger partial charge in [0.2, 0.25) is 0 Å². The Kier molecular flexibility index (Phi) is 5.79. The molecule has 1 aliphatic heterocycles. The number of aromatic hydroxyl groups is 1. The van der Waals surface area contributed by atoms with E-state index in [4.69, 9.17) is 20.8 Å². The number of fused-ring (bicyclic) bond motifs is 1. The maximum absolute atomic E-state index is 13.5. The molecule has 0 fully saturated rings. The average molecular weight is 478 g/mol. The van der Waals surface area contributed by atoms with Gasteiger partial charge in [0.15, 0.2) is 0 Å². The second kappa shape index (κ2) is 8.91. The summed E-state index contributed by atoms with van der Waals surface area (Å²) in [6, 6.07) is 14.2. The van der Waals surface area contributed by atoms with Crippen molar-refractivity contribution in [1.29, 1.82) is 0 Å². The molecular weight excluding hydrogens is 454 g/mol. The highest BCUT2D eigenvalue weighted by Gasteiger charge is 2.43. The fourth-order valence-electron chi connectivity index (χ4n) is 4.30. The third-order valence-electron chi connectivity index (χ3n) is 5.97. The molecule has 0 saturated heterocycles. The number of aromatic amines is 1. The van der Waals surface area contributed by atoms with Crippen LogP contribution in [0.3, 0.4) is 0 Å². The van der Waals surface area contributed by atoms with Crippen molar-refractivity contribution < 1.29 is 19.1 Å². The van der Waals surface area contributed by atoms with E-state index in [0.717, 1.165) is 23.3 Å². The SMILES string of the molecule is CCCOc1ccc(C2c3c(-c4cc(Cl)c(C)cc4O)n[nH]c3C(=O)N2Cc2ccco2)cc1. The Morgan fingerprint density at radius 3 is 2.74 bits per heavy atom. The predicted octanol–water partition coefficient (Wildman–Crippen LogP) is 5.87. The summed E-state index contributed by atoms with van der Waals surface area (Å²) in [5.74, 6) is 1.29. The number of phenols is 1. The average Bonchev–Trinajstić information content (AvgIpc) is 3.55. The molecule has 34 heavy (non-hydrogen) atoms. The maximum atomic E-state index is 13.5. The topological polar surface area (TPSA) is 91.6 Å².